The SMILES string of the molecule is CCNC(=NCCCOCC1CCCO1)NCCCOC(C)C. The molecule has 1 aliphatic rings. The lowest BCUT2D eigenvalue weighted by Crippen LogP contribution is -2.38. The van der Waals surface area contributed by atoms with E-state index in [1.54, 1.807) is 0 Å². The van der Waals surface area contributed by atoms with Crippen molar-refractivity contribution in [1.82, 2.24) is 10.6 Å². The van der Waals surface area contributed by atoms with Gasteiger partial charge in [-0.3, -0.25) is 4.99 Å². The van der Waals surface area contributed by atoms with Crippen LogP contribution in [0.1, 0.15) is 46.5 Å². The number of rotatable bonds is 12. The first-order chi connectivity index (χ1) is 11.2. The first kappa shape index (κ1) is 20.2. The molecule has 1 fully saturated rings. The lowest BCUT2D eigenvalue weighted by molar-refractivity contribution is 0.0171. The first-order valence-corrected chi connectivity index (χ1v) is 9.05. The molecule has 1 unspecified atom stereocenters. The maximum Gasteiger partial charge on any atom is 0.191 e. The zero-order valence-electron chi connectivity index (χ0n) is 15.1. The van der Waals surface area contributed by atoms with Crippen LogP contribution in [0.3, 0.4) is 0 Å². The summed E-state index contributed by atoms with van der Waals surface area (Å²) < 4.78 is 16.7. The van der Waals surface area contributed by atoms with Gasteiger partial charge in [0.2, 0.25) is 0 Å². The first-order valence-electron chi connectivity index (χ1n) is 9.05. The summed E-state index contributed by atoms with van der Waals surface area (Å²) in [7, 11) is 0. The fraction of sp³-hybridized carbons (Fsp3) is 0.941. The number of guanidine groups is 1. The van der Waals surface area contributed by atoms with Gasteiger partial charge in [0.1, 0.15) is 0 Å². The van der Waals surface area contributed by atoms with Gasteiger partial charge in [0.15, 0.2) is 5.96 Å². The van der Waals surface area contributed by atoms with E-state index >= 15 is 0 Å². The predicted molar refractivity (Wildman–Crippen MR) is 94.1 cm³/mol. The molecule has 6 heteroatoms. The lowest BCUT2D eigenvalue weighted by atomic mass is 10.2. The number of nitrogens with one attached hydrogen (secondary N) is 2. The molecule has 1 aliphatic heterocycles. The Hall–Kier alpha value is -0.850. The van der Waals surface area contributed by atoms with Crippen molar-refractivity contribution in [3.63, 3.8) is 0 Å². The maximum absolute atomic E-state index is 5.64. The van der Waals surface area contributed by atoms with Crippen molar-refractivity contribution >= 4 is 5.96 Å². The van der Waals surface area contributed by atoms with Gasteiger partial charge in [-0.1, -0.05) is 0 Å². The van der Waals surface area contributed by atoms with Crippen molar-refractivity contribution in [3.05, 3.63) is 0 Å². The van der Waals surface area contributed by atoms with E-state index < -0.39 is 0 Å². The minimum absolute atomic E-state index is 0.298. The largest absolute Gasteiger partial charge is 0.379 e. The van der Waals surface area contributed by atoms with E-state index in [0.717, 1.165) is 77.7 Å². The van der Waals surface area contributed by atoms with E-state index in [1.807, 2.05) is 0 Å². The molecule has 0 amide bonds. The van der Waals surface area contributed by atoms with Crippen molar-refractivity contribution in [3.8, 4) is 0 Å². The highest BCUT2D eigenvalue weighted by atomic mass is 16.5. The van der Waals surface area contributed by atoms with E-state index in [9.17, 15) is 0 Å². The summed E-state index contributed by atoms with van der Waals surface area (Å²) in [4.78, 5) is 4.56. The Balaban J connectivity index is 2.03. The highest BCUT2D eigenvalue weighted by Crippen LogP contribution is 2.11. The van der Waals surface area contributed by atoms with E-state index in [1.165, 1.54) is 0 Å². The Bertz CT molecular complexity index is 305. The Morgan fingerprint density at radius 2 is 2.13 bits per heavy atom. The van der Waals surface area contributed by atoms with Crippen molar-refractivity contribution in [2.75, 3.05) is 46.1 Å². The van der Waals surface area contributed by atoms with Crippen LogP contribution in [0.5, 0.6) is 0 Å². The summed E-state index contributed by atoms with van der Waals surface area (Å²) in [6, 6.07) is 0. The van der Waals surface area contributed by atoms with Gasteiger partial charge < -0.3 is 24.8 Å². The zero-order valence-corrected chi connectivity index (χ0v) is 15.1. The van der Waals surface area contributed by atoms with Crippen LogP contribution >= 0.6 is 0 Å². The van der Waals surface area contributed by atoms with Crippen LogP contribution in [0, 0.1) is 0 Å². The highest BCUT2D eigenvalue weighted by Gasteiger charge is 2.14. The third-order valence-corrected chi connectivity index (χ3v) is 3.45. The topological polar surface area (TPSA) is 64.1 Å². The fourth-order valence-corrected chi connectivity index (χ4v) is 2.29. The number of hydrogen-bond acceptors (Lipinski definition) is 4. The molecule has 23 heavy (non-hydrogen) atoms. The summed E-state index contributed by atoms with van der Waals surface area (Å²) in [6.07, 6.45) is 4.82. The summed E-state index contributed by atoms with van der Waals surface area (Å²) >= 11 is 0. The monoisotopic (exact) mass is 329 g/mol. The molecule has 0 radical (unpaired) electrons. The Morgan fingerprint density at radius 3 is 2.83 bits per heavy atom. The van der Waals surface area contributed by atoms with Gasteiger partial charge in [-0.2, -0.15) is 0 Å². The maximum atomic E-state index is 5.64. The molecule has 136 valence electrons. The van der Waals surface area contributed by atoms with Gasteiger partial charge in [0.25, 0.3) is 0 Å². The van der Waals surface area contributed by atoms with Gasteiger partial charge in [0.05, 0.1) is 18.8 Å². The fourth-order valence-electron chi connectivity index (χ4n) is 2.29. The molecule has 1 heterocycles. The van der Waals surface area contributed by atoms with E-state index in [4.69, 9.17) is 14.2 Å². The van der Waals surface area contributed by atoms with Crippen molar-refractivity contribution < 1.29 is 14.2 Å². The van der Waals surface area contributed by atoms with Crippen molar-refractivity contribution in [2.24, 2.45) is 4.99 Å². The molecule has 1 atom stereocenters. The predicted octanol–water partition coefficient (Wildman–Crippen LogP) is 1.94. The van der Waals surface area contributed by atoms with Crippen LogP contribution in [0.25, 0.3) is 0 Å². The minimum Gasteiger partial charge on any atom is -0.379 e. The van der Waals surface area contributed by atoms with Crippen molar-refractivity contribution in [1.29, 1.82) is 0 Å². The van der Waals surface area contributed by atoms with E-state index in [-0.39, 0.29) is 0 Å². The zero-order chi connectivity index (χ0) is 16.8. The smallest absolute Gasteiger partial charge is 0.191 e. The van der Waals surface area contributed by atoms with Gasteiger partial charge >= 0.3 is 0 Å². The minimum atomic E-state index is 0.298. The van der Waals surface area contributed by atoms with Crippen molar-refractivity contribution in [2.45, 2.75) is 58.7 Å². The number of nitrogens with zero attached hydrogens (tertiary/aromatic N) is 1. The molecule has 0 bridgehead atoms. The van der Waals surface area contributed by atoms with Crippen LogP contribution in [-0.2, 0) is 14.2 Å². The second-order valence-electron chi connectivity index (χ2n) is 6.02. The molecule has 1 rings (SSSR count). The van der Waals surface area contributed by atoms with Crippen LogP contribution in [0.4, 0.5) is 0 Å². The van der Waals surface area contributed by atoms with Gasteiger partial charge in [0, 0.05) is 39.5 Å². The summed E-state index contributed by atoms with van der Waals surface area (Å²) in [5.74, 6) is 0.871. The summed E-state index contributed by atoms with van der Waals surface area (Å²) in [5.41, 5.74) is 0. The molecule has 0 spiro atoms. The van der Waals surface area contributed by atoms with E-state index in [0.29, 0.717) is 12.2 Å². The molecule has 0 aromatic carbocycles. The lowest BCUT2D eigenvalue weighted by Gasteiger charge is -2.12. The summed E-state index contributed by atoms with van der Waals surface area (Å²) in [5, 5.41) is 6.58. The van der Waals surface area contributed by atoms with Crippen LogP contribution in [0.2, 0.25) is 0 Å². The average Bonchev–Trinajstić information content (AvgIpc) is 3.03. The van der Waals surface area contributed by atoms with Gasteiger partial charge in [-0.05, 0) is 46.5 Å². The Kier molecular flexibility index (Phi) is 11.9. The second-order valence-corrected chi connectivity index (χ2v) is 6.02. The quantitative estimate of drug-likeness (QED) is 0.325. The second kappa shape index (κ2) is 13.6. The number of hydrogen-bond donors (Lipinski definition) is 2. The molecule has 0 aliphatic carbocycles. The summed E-state index contributed by atoms with van der Waals surface area (Å²) in [6.45, 7) is 11.8. The molecule has 6 nitrogen and oxygen atoms in total. The van der Waals surface area contributed by atoms with Crippen LogP contribution in [0.15, 0.2) is 4.99 Å². The number of ether oxygens (including phenoxy) is 3. The Morgan fingerprint density at radius 1 is 1.26 bits per heavy atom. The van der Waals surface area contributed by atoms with Crippen LogP contribution in [-0.4, -0.2) is 64.2 Å². The molecular formula is C17H35N3O3. The highest BCUT2D eigenvalue weighted by molar-refractivity contribution is 5.79. The average molecular weight is 329 g/mol. The molecule has 2 N–H and O–H groups in total. The van der Waals surface area contributed by atoms with E-state index in [2.05, 4.69) is 36.4 Å². The number of aliphatic imine (C=N–C) groups is 1. The molecule has 0 saturated carbocycles. The normalized spacial score (nSPS) is 18.6. The van der Waals surface area contributed by atoms with Crippen LogP contribution < -0.4 is 10.6 Å². The van der Waals surface area contributed by atoms with Gasteiger partial charge in [-0.15, -0.1) is 0 Å². The Labute approximate surface area is 141 Å². The third kappa shape index (κ3) is 11.3. The standard InChI is InChI=1S/C17H35N3O3/c1-4-18-17(20-10-7-13-22-15(2)3)19-9-6-11-21-14-16-8-5-12-23-16/h15-16H,4-14H2,1-3H3,(H2,18,19,20). The third-order valence-electron chi connectivity index (χ3n) is 3.45. The molecule has 0 aromatic heterocycles. The van der Waals surface area contributed by atoms with Gasteiger partial charge in [-0.25, -0.2) is 0 Å². The molecule has 1 saturated heterocycles. The molecular weight excluding hydrogens is 294 g/mol. The molecule has 0 aromatic rings.